The first kappa shape index (κ1) is 13.4. The molecule has 1 aromatic rings. The van der Waals surface area contributed by atoms with E-state index in [1.807, 2.05) is 39.0 Å². The molecule has 0 amide bonds. The van der Waals surface area contributed by atoms with Crippen LogP contribution < -0.4 is 9.47 Å². The molecule has 0 saturated carbocycles. The molecular weight excluding hydrogens is 218 g/mol. The Morgan fingerprint density at radius 3 is 2.65 bits per heavy atom. The van der Waals surface area contributed by atoms with Gasteiger partial charge in [0.2, 0.25) is 0 Å². The minimum absolute atomic E-state index is 0.0795. The van der Waals surface area contributed by atoms with Gasteiger partial charge < -0.3 is 14.3 Å². The van der Waals surface area contributed by atoms with Crippen LogP contribution in [0.1, 0.15) is 26.3 Å². The normalized spacial score (nSPS) is 10.9. The molecule has 94 valence electrons. The van der Waals surface area contributed by atoms with Crippen LogP contribution >= 0.6 is 0 Å². The molecule has 0 bridgehead atoms. The zero-order valence-corrected chi connectivity index (χ0v) is 10.8. The summed E-state index contributed by atoms with van der Waals surface area (Å²) in [6, 6.07) is 5.62. The number of methoxy groups -OCH3 is 1. The molecule has 0 atom stereocenters. The van der Waals surface area contributed by atoms with Crippen LogP contribution in [0.2, 0.25) is 0 Å². The van der Waals surface area contributed by atoms with E-state index in [1.165, 1.54) is 0 Å². The van der Waals surface area contributed by atoms with Gasteiger partial charge in [0.05, 0.1) is 19.9 Å². The molecule has 0 saturated heterocycles. The fourth-order valence-electron chi connectivity index (χ4n) is 1.25. The maximum absolute atomic E-state index is 5.42. The molecule has 1 aromatic carbocycles. The third-order valence-corrected chi connectivity index (χ3v) is 1.96. The van der Waals surface area contributed by atoms with Gasteiger partial charge in [-0.15, -0.1) is 0 Å². The van der Waals surface area contributed by atoms with Crippen LogP contribution in [0.25, 0.3) is 0 Å². The van der Waals surface area contributed by atoms with E-state index in [-0.39, 0.29) is 6.10 Å². The molecule has 4 nitrogen and oxygen atoms in total. The first-order valence-electron chi connectivity index (χ1n) is 5.67. The van der Waals surface area contributed by atoms with E-state index >= 15 is 0 Å². The van der Waals surface area contributed by atoms with Crippen molar-refractivity contribution in [3.8, 4) is 11.5 Å². The minimum Gasteiger partial charge on any atom is -0.493 e. The largest absolute Gasteiger partial charge is 0.493 e. The van der Waals surface area contributed by atoms with Crippen LogP contribution in [0, 0.1) is 0 Å². The molecular formula is C13H19NO3. The van der Waals surface area contributed by atoms with E-state index in [4.69, 9.17) is 14.3 Å². The topological polar surface area (TPSA) is 40.0 Å². The standard InChI is InChI=1S/C13H19NO3/c1-5-16-12-7-6-11(8-13(12)15-4)9-14-17-10(2)3/h6-10H,5H2,1-4H3/b14-9+. The summed E-state index contributed by atoms with van der Waals surface area (Å²) in [5.41, 5.74) is 0.908. The Balaban J connectivity index is 2.78. The second kappa shape index (κ2) is 6.78. The number of hydrogen-bond donors (Lipinski definition) is 0. The van der Waals surface area contributed by atoms with Crippen LogP contribution in [0.15, 0.2) is 23.4 Å². The molecule has 0 fully saturated rings. The van der Waals surface area contributed by atoms with Gasteiger partial charge in [0, 0.05) is 5.56 Å². The lowest BCUT2D eigenvalue weighted by Crippen LogP contribution is -1.98. The second-order valence-electron chi connectivity index (χ2n) is 3.73. The molecule has 1 rings (SSSR count). The van der Waals surface area contributed by atoms with E-state index in [9.17, 15) is 0 Å². The van der Waals surface area contributed by atoms with Crippen LogP contribution in [0.4, 0.5) is 0 Å². The van der Waals surface area contributed by atoms with Crippen LogP contribution in [-0.4, -0.2) is 26.0 Å². The van der Waals surface area contributed by atoms with Gasteiger partial charge in [0.25, 0.3) is 0 Å². The maximum Gasteiger partial charge on any atom is 0.161 e. The van der Waals surface area contributed by atoms with Gasteiger partial charge in [-0.1, -0.05) is 5.16 Å². The monoisotopic (exact) mass is 237 g/mol. The van der Waals surface area contributed by atoms with Crippen molar-refractivity contribution in [1.29, 1.82) is 0 Å². The van der Waals surface area contributed by atoms with Crippen molar-refractivity contribution >= 4 is 6.21 Å². The summed E-state index contributed by atoms with van der Waals surface area (Å²) >= 11 is 0. The average molecular weight is 237 g/mol. The first-order valence-corrected chi connectivity index (χ1v) is 5.67. The molecule has 0 aliphatic rings. The molecule has 0 N–H and O–H groups in total. The molecule has 0 aliphatic carbocycles. The van der Waals surface area contributed by atoms with Crippen molar-refractivity contribution < 1.29 is 14.3 Å². The SMILES string of the molecule is CCOc1ccc(/C=N/OC(C)C)cc1OC. The van der Waals surface area contributed by atoms with E-state index in [2.05, 4.69) is 5.16 Å². The van der Waals surface area contributed by atoms with Crippen molar-refractivity contribution in [3.05, 3.63) is 23.8 Å². The molecule has 17 heavy (non-hydrogen) atoms. The summed E-state index contributed by atoms with van der Waals surface area (Å²) in [6.45, 7) is 6.40. The van der Waals surface area contributed by atoms with Crippen LogP contribution in [0.5, 0.6) is 11.5 Å². The number of oxime groups is 1. The average Bonchev–Trinajstić information content (AvgIpc) is 2.30. The van der Waals surface area contributed by atoms with E-state index < -0.39 is 0 Å². The quantitative estimate of drug-likeness (QED) is 0.564. The van der Waals surface area contributed by atoms with Crippen molar-refractivity contribution in [2.75, 3.05) is 13.7 Å². The summed E-state index contributed by atoms with van der Waals surface area (Å²) < 4.78 is 10.7. The van der Waals surface area contributed by atoms with Crippen molar-refractivity contribution in [2.45, 2.75) is 26.9 Å². The van der Waals surface area contributed by atoms with Crippen LogP contribution in [0.3, 0.4) is 0 Å². The highest BCUT2D eigenvalue weighted by Crippen LogP contribution is 2.27. The molecule has 0 heterocycles. The molecule has 0 radical (unpaired) electrons. The lowest BCUT2D eigenvalue weighted by Gasteiger charge is -2.09. The third-order valence-electron chi connectivity index (χ3n) is 1.96. The molecule has 0 unspecified atom stereocenters. The van der Waals surface area contributed by atoms with Crippen molar-refractivity contribution in [2.24, 2.45) is 5.16 Å². The fraction of sp³-hybridized carbons (Fsp3) is 0.462. The molecule has 4 heteroatoms. The summed E-state index contributed by atoms with van der Waals surface area (Å²) in [5, 5.41) is 3.87. The molecule has 0 spiro atoms. The van der Waals surface area contributed by atoms with Gasteiger partial charge in [-0.3, -0.25) is 0 Å². The Labute approximate surface area is 102 Å². The highest BCUT2D eigenvalue weighted by atomic mass is 16.6. The van der Waals surface area contributed by atoms with Gasteiger partial charge in [0.1, 0.15) is 6.10 Å². The minimum atomic E-state index is 0.0795. The third kappa shape index (κ3) is 4.34. The molecule has 0 aromatic heterocycles. The highest BCUT2D eigenvalue weighted by molar-refractivity contribution is 5.80. The van der Waals surface area contributed by atoms with Gasteiger partial charge in [0.15, 0.2) is 11.5 Å². The number of rotatable bonds is 6. The predicted octanol–water partition coefficient (Wildman–Crippen LogP) is 2.85. The molecule has 0 aliphatic heterocycles. The summed E-state index contributed by atoms with van der Waals surface area (Å²) in [7, 11) is 1.61. The Morgan fingerprint density at radius 2 is 2.06 bits per heavy atom. The highest BCUT2D eigenvalue weighted by Gasteiger charge is 2.03. The number of ether oxygens (including phenoxy) is 2. The number of hydrogen-bond acceptors (Lipinski definition) is 4. The summed E-state index contributed by atoms with van der Waals surface area (Å²) in [6.07, 6.45) is 1.73. The zero-order chi connectivity index (χ0) is 12.7. The fourth-order valence-corrected chi connectivity index (χ4v) is 1.25. The van der Waals surface area contributed by atoms with Crippen molar-refractivity contribution in [3.63, 3.8) is 0 Å². The maximum atomic E-state index is 5.42. The second-order valence-corrected chi connectivity index (χ2v) is 3.73. The van der Waals surface area contributed by atoms with Gasteiger partial charge in [-0.05, 0) is 39.0 Å². The summed E-state index contributed by atoms with van der Waals surface area (Å²) in [4.78, 5) is 5.09. The van der Waals surface area contributed by atoms with Crippen molar-refractivity contribution in [1.82, 2.24) is 0 Å². The van der Waals surface area contributed by atoms with E-state index in [1.54, 1.807) is 13.3 Å². The lowest BCUT2D eigenvalue weighted by atomic mass is 10.2. The first-order chi connectivity index (χ1) is 8.17. The number of benzene rings is 1. The Morgan fingerprint density at radius 1 is 1.29 bits per heavy atom. The van der Waals surface area contributed by atoms with Gasteiger partial charge in [-0.2, -0.15) is 0 Å². The van der Waals surface area contributed by atoms with Gasteiger partial charge >= 0.3 is 0 Å². The lowest BCUT2D eigenvalue weighted by molar-refractivity contribution is 0.0873. The van der Waals surface area contributed by atoms with Crippen LogP contribution in [-0.2, 0) is 4.84 Å². The number of nitrogens with zero attached hydrogens (tertiary/aromatic N) is 1. The Hall–Kier alpha value is -1.71. The predicted molar refractivity (Wildman–Crippen MR) is 68.0 cm³/mol. The van der Waals surface area contributed by atoms with E-state index in [0.29, 0.717) is 12.4 Å². The van der Waals surface area contributed by atoms with Gasteiger partial charge in [-0.25, -0.2) is 0 Å². The Bertz CT molecular complexity index is 375. The Kier molecular flexibility index (Phi) is 5.33. The smallest absolute Gasteiger partial charge is 0.161 e. The summed E-state index contributed by atoms with van der Waals surface area (Å²) in [5.74, 6) is 1.43. The zero-order valence-electron chi connectivity index (χ0n) is 10.8. The van der Waals surface area contributed by atoms with E-state index in [0.717, 1.165) is 11.3 Å².